The van der Waals surface area contributed by atoms with Crippen LogP contribution in [-0.2, 0) is 19.2 Å². The number of aliphatic carboxylic acids is 4. The van der Waals surface area contributed by atoms with E-state index in [4.69, 9.17) is 20.4 Å². The van der Waals surface area contributed by atoms with Gasteiger partial charge in [0.05, 0.1) is 19.5 Å². The summed E-state index contributed by atoms with van der Waals surface area (Å²) in [6.45, 7) is -1.73. The van der Waals surface area contributed by atoms with Crippen molar-refractivity contribution >= 4 is 142 Å². The van der Waals surface area contributed by atoms with Crippen LogP contribution in [0.25, 0.3) is 0 Å². The number of carboxylic acids is 4. The normalized spacial score (nSPS) is 9.76. The topological polar surface area (TPSA) is 152 Å². The Morgan fingerprint density at radius 2 is 1.05 bits per heavy atom. The first kappa shape index (κ1) is 34.2. The predicted molar refractivity (Wildman–Crippen MR) is 73.5 cm³/mol. The van der Waals surface area contributed by atoms with Gasteiger partial charge in [0.2, 0.25) is 0 Å². The molecule has 0 fully saturated rings. The molecule has 0 aromatic heterocycles. The second-order valence-corrected chi connectivity index (χ2v) is 3.14. The molecule has 0 bridgehead atoms. The van der Waals surface area contributed by atoms with Gasteiger partial charge in [0.1, 0.15) is 6.04 Å². The first-order chi connectivity index (χ1) is 7.73. The van der Waals surface area contributed by atoms with E-state index in [0.717, 1.165) is 0 Å². The number of rotatable bonds is 8. The van der Waals surface area contributed by atoms with Crippen LogP contribution in [0.5, 0.6) is 0 Å². The van der Waals surface area contributed by atoms with E-state index >= 15 is 0 Å². The zero-order valence-electron chi connectivity index (χ0n) is 12.6. The Bertz CT molecular complexity index is 337. The number of carbonyl (C=O) groups is 4. The third kappa shape index (κ3) is 18.0. The van der Waals surface area contributed by atoms with E-state index in [1.165, 1.54) is 0 Å². The van der Waals surface area contributed by atoms with Crippen molar-refractivity contribution in [1.29, 1.82) is 0 Å². The number of hydrogen-bond donors (Lipinski definition) is 4. The number of carboxylic acid groups (broad SMARTS) is 4. The van der Waals surface area contributed by atoms with E-state index in [0.29, 0.717) is 4.90 Å². The molecule has 0 saturated heterocycles. The van der Waals surface area contributed by atoms with Gasteiger partial charge in [-0.2, -0.15) is 0 Å². The molecule has 0 aromatic carbocycles. The summed E-state index contributed by atoms with van der Waals surface area (Å²) in [6.07, 6.45) is -0.879. The molecule has 0 heterocycles. The van der Waals surface area contributed by atoms with Gasteiger partial charge >= 0.3 is 23.9 Å². The van der Waals surface area contributed by atoms with Gasteiger partial charge in [-0.3, -0.25) is 24.1 Å². The molecule has 0 rings (SSSR count). The maximum Gasteiger partial charge on any atom is 0.321 e. The van der Waals surface area contributed by atoms with E-state index in [1.54, 1.807) is 0 Å². The fourth-order valence-electron chi connectivity index (χ4n) is 1.16. The molecule has 0 spiro atoms. The van der Waals surface area contributed by atoms with Gasteiger partial charge in [0.25, 0.3) is 0 Å². The number of hydrogen-bond acceptors (Lipinski definition) is 5. The summed E-state index contributed by atoms with van der Waals surface area (Å²) in [4.78, 5) is 42.6. The van der Waals surface area contributed by atoms with Crippen molar-refractivity contribution in [3.63, 3.8) is 0 Å². The molecule has 0 amide bonds. The molecule has 13 heteroatoms. The average molecular weight is 341 g/mol. The summed E-state index contributed by atoms with van der Waals surface area (Å²) in [7, 11) is 0. The molecule has 9 nitrogen and oxygen atoms in total. The third-order valence-corrected chi connectivity index (χ3v) is 1.77. The van der Waals surface area contributed by atoms with E-state index in [2.05, 4.69) is 0 Å². The monoisotopic (exact) mass is 341 g/mol. The van der Waals surface area contributed by atoms with Gasteiger partial charge in [-0.15, -0.1) is 0 Å². The van der Waals surface area contributed by atoms with Crippen LogP contribution in [0.15, 0.2) is 0 Å². The molecule has 0 saturated carbocycles. The van der Waals surface area contributed by atoms with E-state index in [1.807, 2.05) is 0 Å². The largest absolute Gasteiger partial charge is 0.481 e. The molecule has 0 unspecified atom stereocenters. The molecule has 0 aliphatic carbocycles. The molecular weight excluding hydrogens is 330 g/mol. The fourth-order valence-corrected chi connectivity index (χ4v) is 1.16. The molecular formula is C8H11NNa4O8. The van der Waals surface area contributed by atoms with Crippen molar-refractivity contribution in [3.8, 4) is 0 Å². The standard InChI is InChI=1S/C8H11NO8.4Na/c10-5(11)1-4(8(16)17)9(2-6(12)13)3-7(14)15;;;;/h4H,1-3H2,(H,10,11)(H,12,13)(H,14,15)(H,16,17);;;;/t4-;;;;/m0..../s1. The minimum atomic E-state index is -1.69. The van der Waals surface area contributed by atoms with Crippen molar-refractivity contribution in [2.75, 3.05) is 13.1 Å². The summed E-state index contributed by atoms with van der Waals surface area (Å²) in [5.74, 6) is -5.93. The smallest absolute Gasteiger partial charge is 0.321 e. The third-order valence-electron chi connectivity index (χ3n) is 1.77. The van der Waals surface area contributed by atoms with Gasteiger partial charge in [0.15, 0.2) is 0 Å². The zero-order chi connectivity index (χ0) is 13.6. The second-order valence-electron chi connectivity index (χ2n) is 3.14. The molecule has 21 heavy (non-hydrogen) atoms. The van der Waals surface area contributed by atoms with Crippen LogP contribution < -0.4 is 0 Å². The van der Waals surface area contributed by atoms with Crippen LogP contribution in [0, 0.1) is 0 Å². The number of nitrogens with zero attached hydrogens (tertiary/aromatic N) is 1. The minimum absolute atomic E-state index is 0. The second kappa shape index (κ2) is 18.2. The van der Waals surface area contributed by atoms with E-state index < -0.39 is 49.4 Å². The maximum absolute atomic E-state index is 10.7. The van der Waals surface area contributed by atoms with E-state index in [9.17, 15) is 19.2 Å². The summed E-state index contributed by atoms with van der Waals surface area (Å²) < 4.78 is 0. The van der Waals surface area contributed by atoms with Crippen LogP contribution in [-0.4, -0.2) is 187 Å². The van der Waals surface area contributed by atoms with Gasteiger partial charge in [0, 0.05) is 118 Å². The maximum atomic E-state index is 10.7. The quantitative estimate of drug-likeness (QED) is 0.336. The Kier molecular flexibility index (Phi) is 29.6. The zero-order valence-corrected chi connectivity index (χ0v) is 20.6. The molecule has 4 radical (unpaired) electrons. The van der Waals surface area contributed by atoms with Crippen LogP contribution in [0.1, 0.15) is 6.42 Å². The van der Waals surface area contributed by atoms with Crippen molar-refractivity contribution in [1.82, 2.24) is 4.90 Å². The molecule has 0 aliphatic rings. The van der Waals surface area contributed by atoms with Crippen LogP contribution in [0.3, 0.4) is 0 Å². The summed E-state index contributed by atoms with van der Waals surface area (Å²) in [5, 5.41) is 34.2. The van der Waals surface area contributed by atoms with Crippen molar-refractivity contribution in [3.05, 3.63) is 0 Å². The molecule has 1 atom stereocenters. The summed E-state index contributed by atoms with van der Waals surface area (Å²) in [6, 6.07) is -1.69. The Balaban J connectivity index is -0.000000213. The molecule has 100 valence electrons. The molecule has 0 aromatic rings. The Morgan fingerprint density at radius 3 is 1.24 bits per heavy atom. The van der Waals surface area contributed by atoms with Crippen LogP contribution >= 0.6 is 0 Å². The summed E-state index contributed by atoms with van der Waals surface area (Å²) in [5.41, 5.74) is 0. The Labute approximate surface area is 209 Å². The van der Waals surface area contributed by atoms with Crippen LogP contribution in [0.2, 0.25) is 0 Å². The Morgan fingerprint density at radius 1 is 0.714 bits per heavy atom. The molecule has 0 aliphatic heterocycles. The van der Waals surface area contributed by atoms with Gasteiger partial charge in [-0.05, 0) is 0 Å². The van der Waals surface area contributed by atoms with Gasteiger partial charge in [-0.25, -0.2) is 0 Å². The SMILES string of the molecule is O=C(O)C[C@@H](C(=O)O)N(CC(=O)O)CC(=O)O.[Na].[Na].[Na].[Na]. The van der Waals surface area contributed by atoms with Crippen molar-refractivity contribution in [2.45, 2.75) is 12.5 Å². The average Bonchev–Trinajstić information content (AvgIpc) is 2.10. The molecule has 4 N–H and O–H groups in total. The Hall–Kier alpha value is 1.84. The van der Waals surface area contributed by atoms with Crippen LogP contribution in [0.4, 0.5) is 0 Å². The fraction of sp³-hybridized carbons (Fsp3) is 0.500. The predicted octanol–water partition coefficient (Wildman–Crippen LogP) is -3.14. The van der Waals surface area contributed by atoms with Gasteiger partial charge in [-0.1, -0.05) is 0 Å². The first-order valence-corrected chi connectivity index (χ1v) is 4.36. The van der Waals surface area contributed by atoms with Gasteiger partial charge < -0.3 is 20.4 Å². The van der Waals surface area contributed by atoms with E-state index in [-0.39, 0.29) is 118 Å². The minimum Gasteiger partial charge on any atom is -0.481 e. The first-order valence-electron chi connectivity index (χ1n) is 4.36. The van der Waals surface area contributed by atoms with Crippen molar-refractivity contribution in [2.24, 2.45) is 0 Å². The van der Waals surface area contributed by atoms with Crippen molar-refractivity contribution < 1.29 is 39.6 Å². The summed E-state index contributed by atoms with van der Waals surface area (Å²) >= 11 is 0.